The number of halogens is 1. The molecule has 3 atom stereocenters. The van der Waals surface area contributed by atoms with Gasteiger partial charge in [0, 0.05) is 48.2 Å². The Hall–Kier alpha value is -3.30. The van der Waals surface area contributed by atoms with Crippen LogP contribution in [-0.2, 0) is 34.0 Å². The highest BCUT2D eigenvalue weighted by Gasteiger charge is 2.40. The number of rotatable bonds is 6. The number of carbonyl (C=O) groups excluding carboxylic acids is 3. The first kappa shape index (κ1) is 17.2. The summed E-state index contributed by atoms with van der Waals surface area (Å²) in [7, 11) is 0. The van der Waals surface area contributed by atoms with Crippen LogP contribution in [0.5, 0.6) is 5.75 Å². The van der Waals surface area contributed by atoms with Crippen LogP contribution in [0.1, 0.15) is 63.2 Å². The Kier molecular flexibility index (Phi) is 4.77. The van der Waals surface area contributed by atoms with E-state index in [1.54, 1.807) is 11.4 Å². The predicted molar refractivity (Wildman–Crippen MR) is 129 cm³/mol. The summed E-state index contributed by atoms with van der Waals surface area (Å²) in [6, 6.07) is 4.83. The lowest BCUT2D eigenvalue weighted by atomic mass is 10.0. The van der Waals surface area contributed by atoms with Gasteiger partial charge in [0.2, 0.25) is 11.8 Å². The molecule has 0 aliphatic carbocycles. The van der Waals surface area contributed by atoms with Crippen LogP contribution in [0.3, 0.4) is 0 Å². The molecule has 8 nitrogen and oxygen atoms in total. The zero-order valence-corrected chi connectivity index (χ0v) is 19.8. The molecule has 36 heavy (non-hydrogen) atoms. The largest absolute Gasteiger partial charge is 0.488 e. The van der Waals surface area contributed by atoms with Crippen LogP contribution in [0, 0.1) is 5.82 Å². The average molecular weight is 503 g/mol. The van der Waals surface area contributed by atoms with Gasteiger partial charge < -0.3 is 14.4 Å². The molecule has 3 aliphatic rings. The Bertz CT molecular complexity index is 1500. The van der Waals surface area contributed by atoms with E-state index in [9.17, 15) is 14.4 Å². The minimum Gasteiger partial charge on any atom is -0.488 e. The third-order valence-electron chi connectivity index (χ3n) is 6.14. The fraction of sp³-hybridized carbons (Fsp3) is 0.444. The molecular weight excluding hydrogens is 465 g/mol. The second-order valence-electron chi connectivity index (χ2n) is 9.03. The molecule has 2 fully saturated rings. The molecule has 3 aliphatic heterocycles. The lowest BCUT2D eigenvalue weighted by Crippen LogP contribution is -2.52. The number of piperidine rings is 1. The first-order chi connectivity index (χ1) is 19.9. The van der Waals surface area contributed by atoms with Crippen LogP contribution < -0.4 is 10.1 Å². The van der Waals surface area contributed by atoms with Crippen LogP contribution in [0.4, 0.5) is 4.39 Å². The zero-order chi connectivity index (χ0) is 31.7. The number of benzene rings is 2. The number of ether oxygens (including phenoxy) is 2. The first-order valence-electron chi connectivity index (χ1n) is 15.1. The van der Waals surface area contributed by atoms with E-state index in [-0.39, 0.29) is 29.1 Å². The lowest BCUT2D eigenvalue weighted by Gasteiger charge is -2.35. The summed E-state index contributed by atoms with van der Waals surface area (Å²) in [6.45, 7) is 2.28. The van der Waals surface area contributed by atoms with Crippen molar-refractivity contribution in [1.82, 2.24) is 15.1 Å². The molecule has 0 bridgehead atoms. The second-order valence-corrected chi connectivity index (χ2v) is 9.03. The second kappa shape index (κ2) is 9.99. The fourth-order valence-electron chi connectivity index (χ4n) is 4.66. The van der Waals surface area contributed by atoms with E-state index in [0.29, 0.717) is 30.1 Å². The molecule has 2 aromatic carbocycles. The van der Waals surface area contributed by atoms with Gasteiger partial charge in [0.1, 0.15) is 24.1 Å². The van der Waals surface area contributed by atoms with E-state index in [1.165, 1.54) is 30.3 Å². The maximum atomic E-state index is 15.3. The molecule has 0 spiro atoms. The highest BCUT2D eigenvalue weighted by molar-refractivity contribution is 6.05. The van der Waals surface area contributed by atoms with Crippen LogP contribution in [-0.4, -0.2) is 58.8 Å². The number of morpholine rings is 1. The van der Waals surface area contributed by atoms with Gasteiger partial charge in [-0.1, -0.05) is 18.2 Å². The highest BCUT2D eigenvalue weighted by atomic mass is 19.1. The number of amides is 3. The predicted octanol–water partition coefficient (Wildman–Crippen LogP) is 2.77. The number of hydrogen-bond acceptors (Lipinski definition) is 6. The van der Waals surface area contributed by atoms with Crippen LogP contribution in [0.15, 0.2) is 36.4 Å². The highest BCUT2D eigenvalue weighted by Crippen LogP contribution is 2.34. The summed E-state index contributed by atoms with van der Waals surface area (Å²) >= 11 is 0. The summed E-state index contributed by atoms with van der Waals surface area (Å²) in [5.41, 5.74) is 0.0483. The molecular formula is C27H30FN3O5. The zero-order valence-electron chi connectivity index (χ0n) is 26.8. The Labute approximate surface area is 219 Å². The molecule has 0 saturated carbocycles. The summed E-state index contributed by atoms with van der Waals surface area (Å²) in [4.78, 5) is 40.7. The third-order valence-corrected chi connectivity index (χ3v) is 6.14. The normalized spacial score (nSPS) is 32.7. The van der Waals surface area contributed by atoms with E-state index in [2.05, 4.69) is 4.90 Å². The van der Waals surface area contributed by atoms with Crippen LogP contribution in [0.25, 0.3) is 0 Å². The molecule has 190 valence electrons. The topological polar surface area (TPSA) is 88.2 Å². The number of fused-ring (bicyclic) bond motifs is 1. The van der Waals surface area contributed by atoms with Crippen molar-refractivity contribution in [3.63, 3.8) is 0 Å². The number of hydrogen-bond donors (Lipinski definition) is 1. The quantitative estimate of drug-likeness (QED) is 0.612. The standard InChI is InChI=1S/C27H30FN3O5/c1-16-11-30(12-17(2)36-16)13-18-6-7-19(22(28)10-18)15-35-24-5-3-4-20-21(24)14-31(27(20)34)23-8-9-25(32)29-26(23)33/h3-7,10,16-17,23H,8-9,11-15H2,1-2H3,(H,29,32,33)/i8D2,9D2,15D2,23D. The van der Waals surface area contributed by atoms with Crippen molar-refractivity contribution < 1.29 is 37.8 Å². The average Bonchev–Trinajstić information content (AvgIpc) is 3.24. The molecule has 0 radical (unpaired) electrons. The van der Waals surface area contributed by atoms with Crippen LogP contribution in [0.2, 0.25) is 0 Å². The Morgan fingerprint density at radius 2 is 2.00 bits per heavy atom. The van der Waals surface area contributed by atoms with Crippen molar-refractivity contribution in [2.45, 2.75) is 64.5 Å². The van der Waals surface area contributed by atoms with Crippen molar-refractivity contribution >= 4 is 17.7 Å². The van der Waals surface area contributed by atoms with Gasteiger partial charge in [0.15, 0.2) is 0 Å². The summed E-state index contributed by atoms with van der Waals surface area (Å²) in [5.74, 6) is -5.21. The van der Waals surface area contributed by atoms with Crippen molar-refractivity contribution in [3.05, 3.63) is 64.5 Å². The molecule has 5 rings (SSSR count). The van der Waals surface area contributed by atoms with Crippen molar-refractivity contribution in [2.75, 3.05) is 13.1 Å². The minimum absolute atomic E-state index is 0.0170. The fourth-order valence-corrected chi connectivity index (χ4v) is 4.66. The van der Waals surface area contributed by atoms with Gasteiger partial charge in [0.05, 0.1) is 22.9 Å². The molecule has 3 heterocycles. The SMILES string of the molecule is [2H]C([2H])(Oc1cccc2c1CN(C1([2H])C(=O)NC(=O)C([2H])([2H])C1([2H])[2H])C2=O)c1ccc(CN2CC(C)OC(C)C2)cc1F. The number of carbonyl (C=O) groups is 3. The van der Waals surface area contributed by atoms with Gasteiger partial charge in [-0.2, -0.15) is 0 Å². The maximum absolute atomic E-state index is 15.3. The Balaban J connectivity index is 1.40. The van der Waals surface area contributed by atoms with Crippen molar-refractivity contribution in [1.29, 1.82) is 0 Å². The Morgan fingerprint density at radius 1 is 1.22 bits per heavy atom. The summed E-state index contributed by atoms with van der Waals surface area (Å²) < 4.78 is 84.6. The van der Waals surface area contributed by atoms with Gasteiger partial charge in [-0.05, 0) is 44.0 Å². The third kappa shape index (κ3) is 4.99. The maximum Gasteiger partial charge on any atom is 0.255 e. The number of nitrogens with zero attached hydrogens (tertiary/aromatic N) is 2. The van der Waals surface area contributed by atoms with Gasteiger partial charge in [-0.25, -0.2) is 4.39 Å². The van der Waals surface area contributed by atoms with E-state index in [0.717, 1.165) is 0 Å². The molecule has 3 amide bonds. The van der Waals surface area contributed by atoms with Crippen molar-refractivity contribution in [2.24, 2.45) is 0 Å². The lowest BCUT2D eigenvalue weighted by molar-refractivity contribution is -0.136. The van der Waals surface area contributed by atoms with Gasteiger partial charge in [0.25, 0.3) is 5.91 Å². The summed E-state index contributed by atoms with van der Waals surface area (Å²) in [6.07, 6.45) is -6.76. The van der Waals surface area contributed by atoms with E-state index >= 15 is 4.39 Å². The van der Waals surface area contributed by atoms with Gasteiger partial charge in [-0.3, -0.25) is 24.6 Å². The molecule has 2 aromatic rings. The van der Waals surface area contributed by atoms with E-state index < -0.39 is 61.0 Å². The summed E-state index contributed by atoms with van der Waals surface area (Å²) in [5, 5.41) is 1.64. The van der Waals surface area contributed by atoms with Gasteiger partial charge >= 0.3 is 0 Å². The Morgan fingerprint density at radius 3 is 2.75 bits per heavy atom. The molecule has 0 aromatic heterocycles. The minimum atomic E-state index is -3.46. The van der Waals surface area contributed by atoms with E-state index in [1.807, 2.05) is 13.8 Å². The smallest absolute Gasteiger partial charge is 0.255 e. The monoisotopic (exact) mass is 502 g/mol. The van der Waals surface area contributed by atoms with E-state index in [4.69, 9.17) is 19.1 Å². The molecule has 9 heteroatoms. The molecule has 2 saturated heterocycles. The molecule has 1 N–H and O–H groups in total. The van der Waals surface area contributed by atoms with Crippen molar-refractivity contribution in [3.8, 4) is 5.75 Å². The number of nitrogens with one attached hydrogen (secondary N) is 1. The number of imide groups is 1. The van der Waals surface area contributed by atoms with Gasteiger partial charge in [-0.15, -0.1) is 0 Å². The molecule has 3 unspecified atom stereocenters. The first-order valence-corrected chi connectivity index (χ1v) is 11.6. The van der Waals surface area contributed by atoms with Crippen LogP contribution >= 0.6 is 0 Å².